The van der Waals surface area contributed by atoms with Crippen LogP contribution in [-0.4, -0.2) is 34.9 Å². The van der Waals surface area contributed by atoms with Gasteiger partial charge in [-0.1, -0.05) is 24.6 Å². The molecule has 0 aliphatic carbocycles. The SMILES string of the molecule is CC1CCCN(C(=O)c2cccc(Cl)n2)C1CN.Cl. The van der Waals surface area contributed by atoms with Gasteiger partial charge in [0.15, 0.2) is 0 Å². The number of hydrogen-bond acceptors (Lipinski definition) is 3. The van der Waals surface area contributed by atoms with E-state index in [9.17, 15) is 4.79 Å². The van der Waals surface area contributed by atoms with Crippen LogP contribution in [0.5, 0.6) is 0 Å². The van der Waals surface area contributed by atoms with Gasteiger partial charge in [0.25, 0.3) is 5.91 Å². The van der Waals surface area contributed by atoms with E-state index in [1.165, 1.54) is 0 Å². The Hall–Kier alpha value is -0.840. The predicted octanol–water partition coefficient (Wildman–Crippen LogP) is 2.36. The number of hydrogen-bond donors (Lipinski definition) is 1. The second-order valence-electron chi connectivity index (χ2n) is 4.77. The average Bonchev–Trinajstić information content (AvgIpc) is 2.37. The summed E-state index contributed by atoms with van der Waals surface area (Å²) in [6.45, 7) is 3.38. The van der Waals surface area contributed by atoms with Crippen LogP contribution in [0.2, 0.25) is 5.15 Å². The first kappa shape index (κ1) is 16.2. The van der Waals surface area contributed by atoms with E-state index >= 15 is 0 Å². The molecule has 1 amide bonds. The van der Waals surface area contributed by atoms with Crippen molar-refractivity contribution in [1.82, 2.24) is 9.88 Å². The Bertz CT molecular complexity index is 442. The molecule has 0 spiro atoms. The number of likely N-dealkylation sites (tertiary alicyclic amines) is 1. The third kappa shape index (κ3) is 3.59. The van der Waals surface area contributed by atoms with Gasteiger partial charge >= 0.3 is 0 Å². The summed E-state index contributed by atoms with van der Waals surface area (Å²) in [5.74, 6) is 0.367. The molecule has 19 heavy (non-hydrogen) atoms. The van der Waals surface area contributed by atoms with Gasteiger partial charge in [-0.25, -0.2) is 4.98 Å². The van der Waals surface area contributed by atoms with Crippen LogP contribution in [0.3, 0.4) is 0 Å². The van der Waals surface area contributed by atoms with E-state index in [1.54, 1.807) is 18.2 Å². The van der Waals surface area contributed by atoms with Gasteiger partial charge in [0.05, 0.1) is 0 Å². The smallest absolute Gasteiger partial charge is 0.272 e. The molecule has 1 fully saturated rings. The number of rotatable bonds is 2. The van der Waals surface area contributed by atoms with Crippen LogP contribution in [0.25, 0.3) is 0 Å². The zero-order valence-electron chi connectivity index (χ0n) is 10.9. The molecule has 1 aliphatic heterocycles. The van der Waals surface area contributed by atoms with Crippen molar-refractivity contribution >= 4 is 29.9 Å². The zero-order valence-corrected chi connectivity index (χ0v) is 12.5. The Labute approximate surface area is 124 Å². The summed E-state index contributed by atoms with van der Waals surface area (Å²) in [6, 6.07) is 5.21. The van der Waals surface area contributed by atoms with Crippen molar-refractivity contribution in [3.05, 3.63) is 29.0 Å². The molecule has 0 radical (unpaired) electrons. The standard InChI is InChI=1S/C13H18ClN3O.ClH/c1-9-4-3-7-17(11(9)8-15)13(18)10-5-2-6-12(14)16-10;/h2,5-6,9,11H,3-4,7-8,15H2,1H3;1H. The summed E-state index contributed by atoms with van der Waals surface area (Å²) in [5, 5.41) is 0.343. The van der Waals surface area contributed by atoms with Gasteiger partial charge in [-0.15, -0.1) is 12.4 Å². The topological polar surface area (TPSA) is 59.2 Å². The lowest BCUT2D eigenvalue weighted by Gasteiger charge is -2.39. The Morgan fingerprint density at radius 3 is 2.95 bits per heavy atom. The minimum atomic E-state index is -0.0699. The fourth-order valence-corrected chi connectivity index (χ4v) is 2.70. The summed E-state index contributed by atoms with van der Waals surface area (Å²) in [5.41, 5.74) is 6.19. The number of carbonyl (C=O) groups excluding carboxylic acids is 1. The molecule has 1 aromatic heterocycles. The molecule has 0 saturated carbocycles. The molecule has 6 heteroatoms. The molecule has 0 bridgehead atoms. The van der Waals surface area contributed by atoms with E-state index in [0.717, 1.165) is 19.4 Å². The second kappa shape index (κ2) is 7.08. The van der Waals surface area contributed by atoms with Crippen LogP contribution in [0, 0.1) is 5.92 Å². The Balaban J connectivity index is 0.00000180. The zero-order chi connectivity index (χ0) is 13.1. The van der Waals surface area contributed by atoms with Crippen molar-refractivity contribution in [3.8, 4) is 0 Å². The Morgan fingerprint density at radius 1 is 1.58 bits per heavy atom. The van der Waals surface area contributed by atoms with Gasteiger partial charge in [-0.05, 0) is 30.9 Å². The van der Waals surface area contributed by atoms with Crippen LogP contribution >= 0.6 is 24.0 Å². The highest BCUT2D eigenvalue weighted by Gasteiger charge is 2.31. The lowest BCUT2D eigenvalue weighted by Crippen LogP contribution is -2.51. The lowest BCUT2D eigenvalue weighted by molar-refractivity contribution is 0.0526. The number of aromatic nitrogens is 1. The maximum Gasteiger partial charge on any atom is 0.272 e. The third-order valence-corrected chi connectivity index (χ3v) is 3.76. The molecule has 106 valence electrons. The van der Waals surface area contributed by atoms with Gasteiger partial charge in [0, 0.05) is 19.1 Å². The van der Waals surface area contributed by atoms with Crippen molar-refractivity contribution in [1.29, 1.82) is 0 Å². The molecular weight excluding hydrogens is 285 g/mol. The lowest BCUT2D eigenvalue weighted by atomic mass is 9.90. The molecule has 1 saturated heterocycles. The van der Waals surface area contributed by atoms with Crippen LogP contribution in [0.1, 0.15) is 30.3 Å². The number of piperidine rings is 1. The molecule has 1 aromatic rings. The van der Waals surface area contributed by atoms with Gasteiger partial charge in [0.1, 0.15) is 10.8 Å². The van der Waals surface area contributed by atoms with Crippen molar-refractivity contribution in [2.75, 3.05) is 13.1 Å². The molecule has 1 aliphatic rings. The maximum atomic E-state index is 12.4. The summed E-state index contributed by atoms with van der Waals surface area (Å²) in [4.78, 5) is 18.3. The number of amides is 1. The van der Waals surface area contributed by atoms with E-state index in [1.807, 2.05) is 4.90 Å². The van der Waals surface area contributed by atoms with Crippen LogP contribution < -0.4 is 5.73 Å². The monoisotopic (exact) mass is 303 g/mol. The minimum absolute atomic E-state index is 0. The van der Waals surface area contributed by atoms with E-state index in [2.05, 4.69) is 11.9 Å². The largest absolute Gasteiger partial charge is 0.333 e. The van der Waals surface area contributed by atoms with Crippen molar-refractivity contribution in [2.24, 2.45) is 11.7 Å². The summed E-state index contributed by atoms with van der Waals surface area (Å²) < 4.78 is 0. The van der Waals surface area contributed by atoms with E-state index < -0.39 is 0 Å². The fraction of sp³-hybridized carbons (Fsp3) is 0.538. The molecule has 2 atom stereocenters. The summed E-state index contributed by atoms with van der Waals surface area (Å²) in [7, 11) is 0. The number of halogens is 2. The van der Waals surface area contributed by atoms with E-state index in [4.69, 9.17) is 17.3 Å². The first-order valence-corrected chi connectivity index (χ1v) is 6.65. The average molecular weight is 304 g/mol. The van der Waals surface area contributed by atoms with Gasteiger partial charge < -0.3 is 10.6 Å². The molecule has 2 rings (SSSR count). The van der Waals surface area contributed by atoms with Gasteiger partial charge in [0.2, 0.25) is 0 Å². The van der Waals surface area contributed by atoms with Crippen molar-refractivity contribution in [3.63, 3.8) is 0 Å². The van der Waals surface area contributed by atoms with Crippen molar-refractivity contribution < 1.29 is 4.79 Å². The van der Waals surface area contributed by atoms with Gasteiger partial charge in [-0.3, -0.25) is 4.79 Å². The number of nitrogens with two attached hydrogens (primary N) is 1. The highest BCUT2D eigenvalue weighted by molar-refractivity contribution is 6.29. The first-order valence-electron chi connectivity index (χ1n) is 6.27. The van der Waals surface area contributed by atoms with Crippen LogP contribution in [0.15, 0.2) is 18.2 Å². The fourth-order valence-electron chi connectivity index (χ4n) is 2.54. The molecule has 0 aromatic carbocycles. The molecule has 2 heterocycles. The second-order valence-corrected chi connectivity index (χ2v) is 5.15. The Kier molecular flexibility index (Phi) is 6.04. The summed E-state index contributed by atoms with van der Waals surface area (Å²) in [6.07, 6.45) is 2.14. The number of nitrogens with zero attached hydrogens (tertiary/aromatic N) is 2. The highest BCUT2D eigenvalue weighted by atomic mass is 35.5. The molecular formula is C13H19Cl2N3O. The number of carbonyl (C=O) groups is 1. The first-order chi connectivity index (χ1) is 8.63. The molecule has 2 N–H and O–H groups in total. The highest BCUT2D eigenvalue weighted by Crippen LogP contribution is 2.24. The quantitative estimate of drug-likeness (QED) is 0.853. The van der Waals surface area contributed by atoms with Crippen LogP contribution in [0.4, 0.5) is 0 Å². The minimum Gasteiger partial charge on any atom is -0.333 e. The molecule has 4 nitrogen and oxygen atoms in total. The predicted molar refractivity (Wildman–Crippen MR) is 78.8 cm³/mol. The molecule has 2 unspecified atom stereocenters. The summed E-state index contributed by atoms with van der Waals surface area (Å²) >= 11 is 5.82. The van der Waals surface area contributed by atoms with Crippen LogP contribution in [-0.2, 0) is 0 Å². The third-order valence-electron chi connectivity index (χ3n) is 3.55. The van der Waals surface area contributed by atoms with E-state index in [0.29, 0.717) is 23.3 Å². The Morgan fingerprint density at radius 2 is 2.32 bits per heavy atom. The van der Waals surface area contributed by atoms with E-state index in [-0.39, 0.29) is 24.4 Å². The van der Waals surface area contributed by atoms with Crippen molar-refractivity contribution in [2.45, 2.75) is 25.8 Å². The number of pyridine rings is 1. The maximum absolute atomic E-state index is 12.4. The normalized spacial score (nSPS) is 22.8. The van der Waals surface area contributed by atoms with Gasteiger partial charge in [-0.2, -0.15) is 0 Å².